The highest BCUT2D eigenvalue weighted by atomic mass is 35.5. The summed E-state index contributed by atoms with van der Waals surface area (Å²) in [6, 6.07) is 4.31. The van der Waals surface area contributed by atoms with Crippen molar-refractivity contribution >= 4 is 33.9 Å². The summed E-state index contributed by atoms with van der Waals surface area (Å²) in [7, 11) is 0. The van der Waals surface area contributed by atoms with Crippen LogP contribution < -0.4 is 5.73 Å². The van der Waals surface area contributed by atoms with Gasteiger partial charge in [-0.1, -0.05) is 11.6 Å². The van der Waals surface area contributed by atoms with Crippen molar-refractivity contribution in [1.29, 1.82) is 5.26 Å². The molecule has 7 heteroatoms. The summed E-state index contributed by atoms with van der Waals surface area (Å²) in [5.41, 5.74) is 6.18. The Morgan fingerprint density at radius 2 is 2.24 bits per heavy atom. The van der Waals surface area contributed by atoms with E-state index in [-0.39, 0.29) is 22.0 Å². The van der Waals surface area contributed by atoms with Gasteiger partial charge >= 0.3 is 0 Å². The van der Waals surface area contributed by atoms with E-state index in [0.29, 0.717) is 10.9 Å². The lowest BCUT2D eigenvalue weighted by Gasteiger charge is -2.04. The maximum atomic E-state index is 10.7. The normalized spacial score (nSPS) is 10.1. The van der Waals surface area contributed by atoms with E-state index in [4.69, 9.17) is 22.6 Å². The molecule has 0 saturated heterocycles. The van der Waals surface area contributed by atoms with E-state index in [1.165, 1.54) is 18.3 Å². The Bertz CT molecular complexity index is 678. The number of halogens is 1. The first-order chi connectivity index (χ1) is 8.04. The second-order valence-electron chi connectivity index (χ2n) is 3.28. The smallest absolute Gasteiger partial charge is 0.271 e. The number of rotatable bonds is 1. The third kappa shape index (κ3) is 1.73. The molecule has 0 radical (unpaired) electrons. The van der Waals surface area contributed by atoms with Gasteiger partial charge < -0.3 is 5.73 Å². The number of non-ortho nitro benzene ring substituents is 1. The van der Waals surface area contributed by atoms with Crippen LogP contribution in [-0.2, 0) is 0 Å². The molecule has 0 fully saturated rings. The quantitative estimate of drug-likeness (QED) is 0.615. The van der Waals surface area contributed by atoms with Crippen LogP contribution in [0.15, 0.2) is 18.3 Å². The highest BCUT2D eigenvalue weighted by Gasteiger charge is 2.14. The van der Waals surface area contributed by atoms with Crippen molar-refractivity contribution in [1.82, 2.24) is 4.98 Å². The van der Waals surface area contributed by atoms with Gasteiger partial charge in [0.05, 0.1) is 26.7 Å². The zero-order chi connectivity index (χ0) is 12.6. The fourth-order valence-electron chi connectivity index (χ4n) is 1.46. The Balaban J connectivity index is 2.89. The highest BCUT2D eigenvalue weighted by Crippen LogP contribution is 2.32. The van der Waals surface area contributed by atoms with Gasteiger partial charge in [-0.25, -0.2) is 0 Å². The largest absolute Gasteiger partial charge is 0.397 e. The van der Waals surface area contributed by atoms with E-state index in [1.807, 2.05) is 6.07 Å². The van der Waals surface area contributed by atoms with Crippen LogP contribution in [0.25, 0.3) is 10.9 Å². The van der Waals surface area contributed by atoms with E-state index in [9.17, 15) is 10.1 Å². The topological polar surface area (TPSA) is 106 Å². The number of hydrogen-bond donors (Lipinski definition) is 1. The molecule has 0 spiro atoms. The van der Waals surface area contributed by atoms with E-state index < -0.39 is 4.92 Å². The molecule has 0 amide bonds. The molecule has 1 heterocycles. The summed E-state index contributed by atoms with van der Waals surface area (Å²) < 4.78 is 0. The Labute approximate surface area is 100 Å². The first-order valence-electron chi connectivity index (χ1n) is 4.47. The molecule has 0 aliphatic heterocycles. The molecule has 17 heavy (non-hydrogen) atoms. The summed E-state index contributed by atoms with van der Waals surface area (Å²) in [4.78, 5) is 14.1. The van der Waals surface area contributed by atoms with Gasteiger partial charge in [0.2, 0.25) is 0 Å². The number of nitrogens with zero attached hydrogens (tertiary/aromatic N) is 3. The van der Waals surface area contributed by atoms with Gasteiger partial charge in [0, 0.05) is 23.7 Å². The third-order valence-electron chi connectivity index (χ3n) is 2.28. The summed E-state index contributed by atoms with van der Waals surface area (Å²) in [5, 5.41) is 19.9. The van der Waals surface area contributed by atoms with Gasteiger partial charge in [0.1, 0.15) is 6.07 Å². The number of nitrogens with two attached hydrogens (primary N) is 1. The lowest BCUT2D eigenvalue weighted by Crippen LogP contribution is -1.96. The number of fused-ring (bicyclic) bond motifs is 1. The number of anilines is 1. The Hall–Kier alpha value is -2.39. The Morgan fingerprint density at radius 1 is 1.53 bits per heavy atom. The van der Waals surface area contributed by atoms with Crippen molar-refractivity contribution in [2.45, 2.75) is 0 Å². The van der Waals surface area contributed by atoms with Crippen LogP contribution in [-0.4, -0.2) is 9.91 Å². The van der Waals surface area contributed by atoms with Gasteiger partial charge in [0.15, 0.2) is 0 Å². The minimum Gasteiger partial charge on any atom is -0.397 e. The number of nitriles is 1. The first-order valence-corrected chi connectivity index (χ1v) is 4.84. The van der Waals surface area contributed by atoms with E-state index in [1.54, 1.807) is 0 Å². The Morgan fingerprint density at radius 3 is 2.82 bits per heavy atom. The summed E-state index contributed by atoms with van der Waals surface area (Å²) in [6.45, 7) is 0. The average molecular weight is 249 g/mol. The first kappa shape index (κ1) is 11.1. The second kappa shape index (κ2) is 3.88. The molecular weight excluding hydrogens is 244 g/mol. The van der Waals surface area contributed by atoms with E-state index >= 15 is 0 Å². The minimum absolute atomic E-state index is 0.130. The molecular formula is C10H5ClN4O2. The predicted molar refractivity (Wildman–Crippen MR) is 62.5 cm³/mol. The van der Waals surface area contributed by atoms with Crippen LogP contribution in [0, 0.1) is 21.4 Å². The van der Waals surface area contributed by atoms with Crippen LogP contribution in [0.3, 0.4) is 0 Å². The third-order valence-corrected chi connectivity index (χ3v) is 2.57. The van der Waals surface area contributed by atoms with E-state index in [2.05, 4.69) is 4.98 Å². The summed E-state index contributed by atoms with van der Waals surface area (Å²) >= 11 is 5.87. The maximum absolute atomic E-state index is 10.7. The minimum atomic E-state index is -0.580. The van der Waals surface area contributed by atoms with Gasteiger partial charge in [-0.2, -0.15) is 5.26 Å². The number of nitro groups is 1. The SMILES string of the molecule is N#Cc1cnc2c(Cl)cc([N+](=O)[O-])cc2c1N. The fourth-order valence-corrected chi connectivity index (χ4v) is 1.72. The van der Waals surface area contributed by atoms with Gasteiger partial charge in [0.25, 0.3) is 5.69 Å². The van der Waals surface area contributed by atoms with Crippen LogP contribution in [0.4, 0.5) is 11.4 Å². The molecule has 0 saturated carbocycles. The molecule has 1 aromatic heterocycles. The summed E-state index contributed by atoms with van der Waals surface area (Å²) in [6.07, 6.45) is 1.29. The number of benzene rings is 1. The van der Waals surface area contributed by atoms with Crippen LogP contribution in [0.2, 0.25) is 5.02 Å². The molecule has 0 aliphatic carbocycles. The van der Waals surface area contributed by atoms with Gasteiger partial charge in [-0.3, -0.25) is 15.1 Å². The Kier molecular flexibility index (Phi) is 2.54. The molecule has 1 aromatic carbocycles. The predicted octanol–water partition coefficient (Wildman–Crippen LogP) is 2.25. The monoisotopic (exact) mass is 248 g/mol. The summed E-state index contributed by atoms with van der Waals surface area (Å²) in [5.74, 6) is 0. The zero-order valence-corrected chi connectivity index (χ0v) is 9.10. The average Bonchev–Trinajstić information content (AvgIpc) is 2.30. The number of nitrogen functional groups attached to an aromatic ring is 1. The van der Waals surface area contributed by atoms with Crippen molar-refractivity contribution in [2.75, 3.05) is 5.73 Å². The van der Waals surface area contributed by atoms with E-state index in [0.717, 1.165) is 0 Å². The molecule has 2 rings (SSSR count). The zero-order valence-electron chi connectivity index (χ0n) is 8.35. The highest BCUT2D eigenvalue weighted by molar-refractivity contribution is 6.35. The molecule has 0 unspecified atom stereocenters. The molecule has 2 aromatic rings. The van der Waals surface area contributed by atoms with Crippen LogP contribution >= 0.6 is 11.6 Å². The van der Waals surface area contributed by atoms with Crippen LogP contribution in [0.5, 0.6) is 0 Å². The van der Waals surface area contributed by atoms with Crippen LogP contribution in [0.1, 0.15) is 5.56 Å². The fraction of sp³-hybridized carbons (Fsp3) is 0. The standard InChI is InChI=1S/C10H5ClN4O2/c11-8-2-6(15(16)17)1-7-9(13)5(3-12)4-14-10(7)8/h1-2,4H,(H2,13,14). The molecule has 84 valence electrons. The molecule has 0 aliphatic rings. The van der Waals surface area contributed by atoms with Crippen molar-refractivity contribution in [2.24, 2.45) is 0 Å². The number of aromatic nitrogens is 1. The molecule has 6 nitrogen and oxygen atoms in total. The maximum Gasteiger partial charge on any atom is 0.271 e. The number of hydrogen-bond acceptors (Lipinski definition) is 5. The molecule has 2 N–H and O–H groups in total. The molecule has 0 bridgehead atoms. The van der Waals surface area contributed by atoms with Crippen molar-refractivity contribution in [3.05, 3.63) is 39.0 Å². The lowest BCUT2D eigenvalue weighted by molar-refractivity contribution is -0.384. The second-order valence-corrected chi connectivity index (χ2v) is 3.69. The van der Waals surface area contributed by atoms with Gasteiger partial charge in [-0.05, 0) is 0 Å². The van der Waals surface area contributed by atoms with Crippen molar-refractivity contribution < 1.29 is 4.92 Å². The number of nitro benzene ring substituents is 1. The van der Waals surface area contributed by atoms with Crippen molar-refractivity contribution in [3.63, 3.8) is 0 Å². The van der Waals surface area contributed by atoms with Crippen molar-refractivity contribution in [3.8, 4) is 6.07 Å². The molecule has 0 atom stereocenters. The number of pyridine rings is 1. The van der Waals surface area contributed by atoms with Gasteiger partial charge in [-0.15, -0.1) is 0 Å². The lowest BCUT2D eigenvalue weighted by atomic mass is 10.1.